The van der Waals surface area contributed by atoms with Crippen molar-refractivity contribution in [2.45, 2.75) is 32.4 Å². The smallest absolute Gasteiger partial charge is 0.118 e. The summed E-state index contributed by atoms with van der Waals surface area (Å²) >= 11 is 0. The largest absolute Gasteiger partial charge is 0.497 e. The van der Waals surface area contributed by atoms with E-state index in [4.69, 9.17) is 9.84 Å². The molecule has 1 atom stereocenters. The van der Waals surface area contributed by atoms with Crippen LogP contribution in [0, 0.1) is 0 Å². The highest BCUT2D eigenvalue weighted by atomic mass is 16.5. The molecule has 1 aromatic rings. The molecule has 16 heavy (non-hydrogen) atoms. The minimum absolute atomic E-state index is 0.244. The van der Waals surface area contributed by atoms with Crippen LogP contribution in [0.1, 0.15) is 25.3 Å². The maximum atomic E-state index is 8.88. The van der Waals surface area contributed by atoms with Gasteiger partial charge < -0.3 is 15.2 Å². The van der Waals surface area contributed by atoms with Crippen molar-refractivity contribution in [3.8, 4) is 5.75 Å². The van der Waals surface area contributed by atoms with Crippen molar-refractivity contribution in [2.24, 2.45) is 0 Å². The Balaban J connectivity index is 2.40. The molecule has 0 aromatic heterocycles. The van der Waals surface area contributed by atoms with Crippen LogP contribution >= 0.6 is 0 Å². The SMILES string of the molecule is CCC(CCO)NCc1ccc(OC)cc1. The molecule has 0 amide bonds. The first-order chi connectivity index (χ1) is 7.80. The zero-order chi connectivity index (χ0) is 11.8. The van der Waals surface area contributed by atoms with Crippen molar-refractivity contribution >= 4 is 0 Å². The number of methoxy groups -OCH3 is 1. The molecule has 0 fully saturated rings. The zero-order valence-electron chi connectivity index (χ0n) is 10.1. The minimum Gasteiger partial charge on any atom is -0.497 e. The Bertz CT molecular complexity index is 284. The van der Waals surface area contributed by atoms with Gasteiger partial charge in [0.15, 0.2) is 0 Å². The zero-order valence-corrected chi connectivity index (χ0v) is 10.1. The van der Waals surface area contributed by atoms with Crippen LogP contribution in [0.15, 0.2) is 24.3 Å². The number of aliphatic hydroxyl groups excluding tert-OH is 1. The Morgan fingerprint density at radius 1 is 1.31 bits per heavy atom. The molecule has 0 bridgehead atoms. The molecule has 0 radical (unpaired) electrons. The number of hydrogen-bond donors (Lipinski definition) is 2. The van der Waals surface area contributed by atoms with Crippen LogP contribution in [0.5, 0.6) is 5.75 Å². The first-order valence-electron chi connectivity index (χ1n) is 5.77. The highest BCUT2D eigenvalue weighted by molar-refractivity contribution is 5.27. The van der Waals surface area contributed by atoms with E-state index in [9.17, 15) is 0 Å². The van der Waals surface area contributed by atoms with Crippen molar-refractivity contribution in [2.75, 3.05) is 13.7 Å². The lowest BCUT2D eigenvalue weighted by atomic mass is 10.1. The van der Waals surface area contributed by atoms with Crippen LogP contribution in [0.3, 0.4) is 0 Å². The summed E-state index contributed by atoms with van der Waals surface area (Å²) in [7, 11) is 1.67. The molecule has 0 saturated carbocycles. The fourth-order valence-corrected chi connectivity index (χ4v) is 1.61. The van der Waals surface area contributed by atoms with E-state index >= 15 is 0 Å². The number of benzene rings is 1. The second-order valence-corrected chi connectivity index (χ2v) is 3.85. The number of ether oxygens (including phenoxy) is 1. The molecule has 3 heteroatoms. The van der Waals surface area contributed by atoms with Crippen LogP contribution in [0.4, 0.5) is 0 Å². The fourth-order valence-electron chi connectivity index (χ4n) is 1.61. The normalized spacial score (nSPS) is 12.4. The van der Waals surface area contributed by atoms with Crippen LogP contribution in [-0.2, 0) is 6.54 Å². The summed E-state index contributed by atoms with van der Waals surface area (Å²) in [6, 6.07) is 8.43. The second-order valence-electron chi connectivity index (χ2n) is 3.85. The average molecular weight is 223 g/mol. The molecule has 2 N–H and O–H groups in total. The van der Waals surface area contributed by atoms with E-state index in [0.29, 0.717) is 6.04 Å². The quantitative estimate of drug-likeness (QED) is 0.742. The Hall–Kier alpha value is -1.06. The number of hydrogen-bond acceptors (Lipinski definition) is 3. The summed E-state index contributed by atoms with van der Waals surface area (Å²) in [5.41, 5.74) is 1.23. The summed E-state index contributed by atoms with van der Waals surface area (Å²) in [5, 5.41) is 12.3. The number of rotatable bonds is 7. The van der Waals surface area contributed by atoms with Gasteiger partial charge in [-0.05, 0) is 30.5 Å². The topological polar surface area (TPSA) is 41.5 Å². The lowest BCUT2D eigenvalue weighted by Crippen LogP contribution is -2.28. The van der Waals surface area contributed by atoms with Crippen LogP contribution in [0.2, 0.25) is 0 Å². The minimum atomic E-state index is 0.244. The average Bonchev–Trinajstić information content (AvgIpc) is 2.35. The van der Waals surface area contributed by atoms with Gasteiger partial charge in [0.1, 0.15) is 5.75 Å². The molecule has 0 aliphatic heterocycles. The van der Waals surface area contributed by atoms with E-state index in [-0.39, 0.29) is 6.61 Å². The van der Waals surface area contributed by atoms with Gasteiger partial charge in [-0.25, -0.2) is 0 Å². The predicted molar refractivity (Wildman–Crippen MR) is 65.6 cm³/mol. The highest BCUT2D eigenvalue weighted by Crippen LogP contribution is 2.11. The lowest BCUT2D eigenvalue weighted by Gasteiger charge is -2.15. The summed E-state index contributed by atoms with van der Waals surface area (Å²) in [5.74, 6) is 0.881. The van der Waals surface area contributed by atoms with E-state index in [2.05, 4.69) is 24.4 Å². The Morgan fingerprint density at radius 3 is 2.50 bits per heavy atom. The third kappa shape index (κ3) is 4.21. The van der Waals surface area contributed by atoms with E-state index < -0.39 is 0 Å². The molecule has 1 unspecified atom stereocenters. The molecular weight excluding hydrogens is 202 g/mol. The molecule has 1 rings (SSSR count). The Kier molecular flexibility index (Phi) is 5.90. The Labute approximate surface area is 97.4 Å². The lowest BCUT2D eigenvalue weighted by molar-refractivity contribution is 0.262. The van der Waals surface area contributed by atoms with Gasteiger partial charge in [0.05, 0.1) is 7.11 Å². The van der Waals surface area contributed by atoms with Gasteiger partial charge in [-0.2, -0.15) is 0 Å². The maximum Gasteiger partial charge on any atom is 0.118 e. The fraction of sp³-hybridized carbons (Fsp3) is 0.538. The van der Waals surface area contributed by atoms with E-state index in [1.165, 1.54) is 5.56 Å². The van der Waals surface area contributed by atoms with Crippen LogP contribution in [0.25, 0.3) is 0 Å². The summed E-state index contributed by atoms with van der Waals surface area (Å²) in [6.07, 6.45) is 1.85. The molecule has 90 valence electrons. The summed E-state index contributed by atoms with van der Waals surface area (Å²) in [6.45, 7) is 3.21. The first kappa shape index (κ1) is 13.0. The predicted octanol–water partition coefficient (Wildman–Crippen LogP) is 1.95. The van der Waals surface area contributed by atoms with Gasteiger partial charge in [-0.3, -0.25) is 0 Å². The van der Waals surface area contributed by atoms with Gasteiger partial charge in [0, 0.05) is 19.2 Å². The van der Waals surface area contributed by atoms with Gasteiger partial charge >= 0.3 is 0 Å². The standard InChI is InChI=1S/C13H21NO2/c1-3-12(8-9-15)14-10-11-4-6-13(16-2)7-5-11/h4-7,12,14-15H,3,8-10H2,1-2H3. The molecule has 0 aliphatic rings. The molecule has 0 aliphatic carbocycles. The Morgan fingerprint density at radius 2 is 2.00 bits per heavy atom. The number of aliphatic hydroxyl groups is 1. The van der Waals surface area contributed by atoms with Gasteiger partial charge in [0.2, 0.25) is 0 Å². The highest BCUT2D eigenvalue weighted by Gasteiger charge is 2.04. The van der Waals surface area contributed by atoms with E-state index in [0.717, 1.165) is 25.1 Å². The van der Waals surface area contributed by atoms with Crippen molar-refractivity contribution < 1.29 is 9.84 Å². The number of nitrogens with one attached hydrogen (secondary N) is 1. The van der Waals surface area contributed by atoms with E-state index in [1.54, 1.807) is 7.11 Å². The van der Waals surface area contributed by atoms with Crippen molar-refractivity contribution in [1.82, 2.24) is 5.32 Å². The maximum absolute atomic E-state index is 8.88. The van der Waals surface area contributed by atoms with Crippen LogP contribution < -0.4 is 10.1 Å². The van der Waals surface area contributed by atoms with Gasteiger partial charge in [-0.1, -0.05) is 19.1 Å². The summed E-state index contributed by atoms with van der Waals surface area (Å²) < 4.78 is 5.10. The molecule has 3 nitrogen and oxygen atoms in total. The molecule has 0 saturated heterocycles. The first-order valence-corrected chi connectivity index (χ1v) is 5.77. The third-order valence-electron chi connectivity index (χ3n) is 2.72. The van der Waals surface area contributed by atoms with Gasteiger partial charge in [0.25, 0.3) is 0 Å². The van der Waals surface area contributed by atoms with E-state index in [1.807, 2.05) is 12.1 Å². The van der Waals surface area contributed by atoms with Crippen LogP contribution in [-0.4, -0.2) is 24.9 Å². The van der Waals surface area contributed by atoms with Crippen molar-refractivity contribution in [1.29, 1.82) is 0 Å². The molecule has 0 heterocycles. The monoisotopic (exact) mass is 223 g/mol. The van der Waals surface area contributed by atoms with Gasteiger partial charge in [-0.15, -0.1) is 0 Å². The molecule has 0 spiro atoms. The third-order valence-corrected chi connectivity index (χ3v) is 2.72. The second kappa shape index (κ2) is 7.25. The van der Waals surface area contributed by atoms with Crippen molar-refractivity contribution in [3.63, 3.8) is 0 Å². The summed E-state index contributed by atoms with van der Waals surface area (Å²) in [4.78, 5) is 0. The van der Waals surface area contributed by atoms with Crippen molar-refractivity contribution in [3.05, 3.63) is 29.8 Å². The molecular formula is C13H21NO2. The molecule has 1 aromatic carbocycles.